The van der Waals surface area contributed by atoms with Gasteiger partial charge < -0.3 is 15.0 Å². The third-order valence-corrected chi connectivity index (χ3v) is 7.40. The van der Waals surface area contributed by atoms with Gasteiger partial charge in [0.05, 0.1) is 5.02 Å². The van der Waals surface area contributed by atoms with Crippen LogP contribution in [0.15, 0.2) is 71.2 Å². The van der Waals surface area contributed by atoms with Crippen molar-refractivity contribution < 1.29 is 14.3 Å². The van der Waals surface area contributed by atoms with E-state index in [2.05, 4.69) is 21.2 Å². The molecule has 0 aliphatic rings. The highest BCUT2D eigenvalue weighted by atomic mass is 79.9. The molecule has 0 bridgehead atoms. The minimum absolute atomic E-state index is 0.0280. The SMILES string of the molecule is CCC(C)NC(=O)C(Cc1ccccc1)N(Cc1c(Cl)cccc1Cl)C(=O)COc1ccc(Br)cc1Cl. The van der Waals surface area contributed by atoms with Crippen molar-refractivity contribution in [1.29, 1.82) is 0 Å². The molecule has 2 amide bonds. The van der Waals surface area contributed by atoms with Gasteiger partial charge in [-0.1, -0.05) is 94.1 Å². The summed E-state index contributed by atoms with van der Waals surface area (Å²) in [5, 5.41) is 4.19. The number of amides is 2. The summed E-state index contributed by atoms with van der Waals surface area (Å²) < 4.78 is 6.56. The number of ether oxygens (including phenoxy) is 1. The standard InChI is InChI=1S/C28H28BrCl3N2O3/c1-3-18(2)33-28(36)25(14-19-8-5-4-6-9-19)34(16-21-22(30)10-7-11-23(21)31)27(35)17-37-26-13-12-20(29)15-24(26)32/h4-13,15,18,25H,3,14,16-17H2,1-2H3,(H,33,36). The first-order valence-electron chi connectivity index (χ1n) is 11.8. The molecular formula is C28H28BrCl3N2O3. The Morgan fingerprint density at radius 3 is 2.27 bits per heavy atom. The molecule has 0 aliphatic carbocycles. The summed E-state index contributed by atoms with van der Waals surface area (Å²) in [5.41, 5.74) is 1.46. The zero-order valence-corrected chi connectivity index (χ0v) is 24.4. The summed E-state index contributed by atoms with van der Waals surface area (Å²) in [6.45, 7) is 3.61. The fourth-order valence-corrected chi connectivity index (χ4v) is 4.91. The number of nitrogens with one attached hydrogen (secondary N) is 1. The Bertz CT molecular complexity index is 1210. The number of rotatable bonds is 11. The zero-order valence-electron chi connectivity index (χ0n) is 20.5. The number of carbonyl (C=O) groups excluding carboxylic acids is 2. The normalized spacial score (nSPS) is 12.5. The summed E-state index contributed by atoms with van der Waals surface area (Å²) in [4.78, 5) is 28.7. The largest absolute Gasteiger partial charge is 0.482 e. The lowest BCUT2D eigenvalue weighted by Crippen LogP contribution is -2.53. The molecule has 3 aromatic carbocycles. The highest BCUT2D eigenvalue weighted by molar-refractivity contribution is 9.10. The molecule has 196 valence electrons. The van der Waals surface area contributed by atoms with Crippen LogP contribution in [0.2, 0.25) is 15.1 Å². The minimum atomic E-state index is -0.833. The Hall–Kier alpha value is -2.25. The molecular weight excluding hydrogens is 599 g/mol. The number of carbonyl (C=O) groups is 2. The fraction of sp³-hybridized carbons (Fsp3) is 0.286. The molecule has 0 saturated heterocycles. The van der Waals surface area contributed by atoms with Gasteiger partial charge in [-0.3, -0.25) is 9.59 Å². The van der Waals surface area contributed by atoms with Crippen LogP contribution >= 0.6 is 50.7 Å². The first-order valence-corrected chi connectivity index (χ1v) is 13.8. The lowest BCUT2D eigenvalue weighted by atomic mass is 10.0. The summed E-state index contributed by atoms with van der Waals surface area (Å²) in [5.74, 6) is -0.316. The Morgan fingerprint density at radius 2 is 1.65 bits per heavy atom. The summed E-state index contributed by atoms with van der Waals surface area (Å²) in [6.07, 6.45) is 1.05. The van der Waals surface area contributed by atoms with Gasteiger partial charge in [0.1, 0.15) is 11.8 Å². The molecule has 2 atom stereocenters. The van der Waals surface area contributed by atoms with Crippen LogP contribution < -0.4 is 10.1 Å². The number of nitrogens with zero attached hydrogens (tertiary/aromatic N) is 1. The molecule has 0 aromatic heterocycles. The number of benzene rings is 3. The number of hydrogen-bond acceptors (Lipinski definition) is 3. The van der Waals surface area contributed by atoms with E-state index < -0.39 is 11.9 Å². The van der Waals surface area contributed by atoms with E-state index in [1.165, 1.54) is 4.90 Å². The van der Waals surface area contributed by atoms with Gasteiger partial charge >= 0.3 is 0 Å². The van der Waals surface area contributed by atoms with E-state index in [4.69, 9.17) is 39.5 Å². The number of halogens is 4. The molecule has 0 radical (unpaired) electrons. The van der Waals surface area contributed by atoms with E-state index >= 15 is 0 Å². The van der Waals surface area contributed by atoms with E-state index in [1.54, 1.807) is 36.4 Å². The quantitative estimate of drug-likeness (QED) is 0.242. The first kappa shape index (κ1) is 29.3. The second-order valence-electron chi connectivity index (χ2n) is 8.61. The van der Waals surface area contributed by atoms with Gasteiger partial charge in [-0.15, -0.1) is 0 Å². The lowest BCUT2D eigenvalue weighted by molar-refractivity contribution is -0.143. The minimum Gasteiger partial charge on any atom is -0.482 e. The van der Waals surface area contributed by atoms with E-state index in [-0.39, 0.29) is 25.1 Å². The second-order valence-corrected chi connectivity index (χ2v) is 10.7. The summed E-state index contributed by atoms with van der Waals surface area (Å²) >= 11 is 22.6. The van der Waals surface area contributed by atoms with Crippen LogP contribution in [-0.4, -0.2) is 35.4 Å². The average Bonchev–Trinajstić information content (AvgIpc) is 2.87. The Morgan fingerprint density at radius 1 is 0.973 bits per heavy atom. The highest BCUT2D eigenvalue weighted by Gasteiger charge is 2.32. The van der Waals surface area contributed by atoms with Gasteiger partial charge in [0, 0.05) is 39.1 Å². The van der Waals surface area contributed by atoms with Crippen molar-refractivity contribution in [3.8, 4) is 5.75 Å². The van der Waals surface area contributed by atoms with E-state index in [9.17, 15) is 9.59 Å². The molecule has 9 heteroatoms. The predicted molar refractivity (Wildman–Crippen MR) is 153 cm³/mol. The molecule has 0 spiro atoms. The molecule has 0 fully saturated rings. The molecule has 0 aliphatic heterocycles. The van der Waals surface area contributed by atoms with Crippen molar-refractivity contribution in [3.63, 3.8) is 0 Å². The lowest BCUT2D eigenvalue weighted by Gasteiger charge is -2.32. The summed E-state index contributed by atoms with van der Waals surface area (Å²) in [7, 11) is 0. The zero-order chi connectivity index (χ0) is 26.9. The fourth-order valence-electron chi connectivity index (χ4n) is 3.66. The van der Waals surface area contributed by atoms with Crippen LogP contribution in [0.25, 0.3) is 0 Å². The third-order valence-electron chi connectivity index (χ3n) is 5.91. The molecule has 2 unspecified atom stereocenters. The maximum atomic E-state index is 13.7. The van der Waals surface area contributed by atoms with Crippen LogP contribution in [0.5, 0.6) is 5.75 Å². The molecule has 0 saturated carbocycles. The monoisotopic (exact) mass is 624 g/mol. The van der Waals surface area contributed by atoms with Crippen molar-refractivity contribution in [1.82, 2.24) is 10.2 Å². The van der Waals surface area contributed by atoms with Crippen molar-refractivity contribution >= 4 is 62.5 Å². The van der Waals surface area contributed by atoms with Crippen molar-refractivity contribution in [2.24, 2.45) is 0 Å². The van der Waals surface area contributed by atoms with Gasteiger partial charge in [0.15, 0.2) is 6.61 Å². The molecule has 3 aromatic rings. The third kappa shape index (κ3) is 8.37. The van der Waals surface area contributed by atoms with Gasteiger partial charge in [-0.25, -0.2) is 0 Å². The van der Waals surface area contributed by atoms with Crippen LogP contribution in [0.3, 0.4) is 0 Å². The maximum Gasteiger partial charge on any atom is 0.261 e. The molecule has 3 rings (SSSR count). The Balaban J connectivity index is 1.97. The molecule has 1 N–H and O–H groups in total. The second kappa shape index (κ2) is 14.1. The predicted octanol–water partition coefficient (Wildman–Crippen LogP) is 7.34. The van der Waals surface area contributed by atoms with Gasteiger partial charge in [0.2, 0.25) is 5.91 Å². The molecule has 0 heterocycles. The van der Waals surface area contributed by atoms with Crippen LogP contribution in [0, 0.1) is 0 Å². The van der Waals surface area contributed by atoms with Crippen molar-refractivity contribution in [2.45, 2.75) is 45.3 Å². The van der Waals surface area contributed by atoms with Crippen molar-refractivity contribution in [2.75, 3.05) is 6.61 Å². The average molecular weight is 627 g/mol. The Kier molecular flexibility index (Phi) is 11.1. The topological polar surface area (TPSA) is 58.6 Å². The van der Waals surface area contributed by atoms with Crippen LogP contribution in [-0.2, 0) is 22.6 Å². The van der Waals surface area contributed by atoms with Crippen LogP contribution in [0.4, 0.5) is 0 Å². The van der Waals surface area contributed by atoms with Gasteiger partial charge in [-0.05, 0) is 49.2 Å². The van der Waals surface area contributed by atoms with E-state index in [1.807, 2.05) is 44.2 Å². The smallest absolute Gasteiger partial charge is 0.261 e. The van der Waals surface area contributed by atoms with Crippen LogP contribution in [0.1, 0.15) is 31.4 Å². The molecule has 5 nitrogen and oxygen atoms in total. The van der Waals surface area contributed by atoms with Crippen molar-refractivity contribution in [3.05, 3.63) is 97.4 Å². The Labute approximate surface area is 241 Å². The maximum absolute atomic E-state index is 13.7. The van der Waals surface area contributed by atoms with Gasteiger partial charge in [0.25, 0.3) is 5.91 Å². The molecule has 37 heavy (non-hydrogen) atoms. The van der Waals surface area contributed by atoms with E-state index in [0.717, 1.165) is 16.5 Å². The van der Waals surface area contributed by atoms with Gasteiger partial charge in [-0.2, -0.15) is 0 Å². The summed E-state index contributed by atoms with van der Waals surface area (Å²) in [6, 6.07) is 18.9. The van der Waals surface area contributed by atoms with E-state index in [0.29, 0.717) is 32.8 Å². The highest BCUT2D eigenvalue weighted by Crippen LogP contribution is 2.29. The number of hydrogen-bond donors (Lipinski definition) is 1. The first-order chi connectivity index (χ1) is 17.7.